The largest absolute Gasteiger partial charge is 0.394 e. The number of hydrogen-bond donors (Lipinski definition) is 2. The van der Waals surface area contributed by atoms with Crippen molar-refractivity contribution >= 4 is 11.4 Å². The lowest BCUT2D eigenvalue weighted by molar-refractivity contribution is -0.385. The number of rotatable bonds is 5. The highest BCUT2D eigenvalue weighted by molar-refractivity contribution is 5.51. The summed E-state index contributed by atoms with van der Waals surface area (Å²) in [5, 5.41) is 22.8. The first-order valence-electron chi connectivity index (χ1n) is 5.98. The molecule has 6 heteroatoms. The van der Waals surface area contributed by atoms with Crippen LogP contribution in [-0.4, -0.2) is 16.6 Å². The van der Waals surface area contributed by atoms with Crippen LogP contribution >= 0.6 is 0 Å². The predicted octanol–water partition coefficient (Wildman–Crippen LogP) is 2.88. The van der Waals surface area contributed by atoms with Crippen LogP contribution in [0.2, 0.25) is 0 Å². The van der Waals surface area contributed by atoms with Gasteiger partial charge >= 0.3 is 0 Å². The average Bonchev–Trinajstić information content (AvgIpc) is 2.46. The Bertz CT molecular complexity index is 605. The van der Waals surface area contributed by atoms with Crippen molar-refractivity contribution in [2.75, 3.05) is 11.9 Å². The van der Waals surface area contributed by atoms with Gasteiger partial charge in [-0.25, -0.2) is 4.39 Å². The van der Waals surface area contributed by atoms with Gasteiger partial charge in [0.1, 0.15) is 0 Å². The standard InChI is InChI=1S/C14H13FN2O3/c15-12-8-11(17(19)20)6-7-13(12)16-14(9-18)10-4-2-1-3-5-10/h1-8,14,16,18H,9H2/t14-/m1/s1. The highest BCUT2D eigenvalue weighted by Gasteiger charge is 2.15. The SMILES string of the molecule is O=[N+]([O-])c1ccc(N[C@H](CO)c2ccccc2)c(F)c1. The van der Waals surface area contributed by atoms with Crippen LogP contribution in [0.5, 0.6) is 0 Å². The Hall–Kier alpha value is -2.47. The fourth-order valence-electron chi connectivity index (χ4n) is 1.84. The third kappa shape index (κ3) is 3.10. The highest BCUT2D eigenvalue weighted by Crippen LogP contribution is 2.24. The third-order valence-corrected chi connectivity index (χ3v) is 2.88. The van der Waals surface area contributed by atoms with E-state index in [-0.39, 0.29) is 18.0 Å². The molecule has 0 aliphatic heterocycles. The van der Waals surface area contributed by atoms with Crippen molar-refractivity contribution in [2.24, 2.45) is 0 Å². The minimum atomic E-state index is -0.728. The fourth-order valence-corrected chi connectivity index (χ4v) is 1.84. The number of aliphatic hydroxyl groups is 1. The number of nitro benzene ring substituents is 1. The number of aliphatic hydroxyl groups excluding tert-OH is 1. The number of benzene rings is 2. The molecule has 20 heavy (non-hydrogen) atoms. The molecule has 0 aromatic heterocycles. The maximum atomic E-state index is 13.8. The zero-order valence-corrected chi connectivity index (χ0v) is 10.5. The molecule has 0 aliphatic carbocycles. The lowest BCUT2D eigenvalue weighted by Crippen LogP contribution is -2.15. The van der Waals surface area contributed by atoms with Gasteiger partial charge in [0.2, 0.25) is 0 Å². The molecule has 0 bridgehead atoms. The molecule has 2 rings (SSSR count). The first kappa shape index (κ1) is 14.0. The van der Waals surface area contributed by atoms with Gasteiger partial charge in [-0.3, -0.25) is 10.1 Å². The molecule has 0 saturated carbocycles. The van der Waals surface area contributed by atoms with E-state index in [4.69, 9.17) is 0 Å². The number of halogens is 1. The van der Waals surface area contributed by atoms with Crippen LogP contribution in [-0.2, 0) is 0 Å². The van der Waals surface area contributed by atoms with Crippen LogP contribution in [0.4, 0.5) is 15.8 Å². The summed E-state index contributed by atoms with van der Waals surface area (Å²) < 4.78 is 13.8. The summed E-state index contributed by atoms with van der Waals surface area (Å²) in [6.07, 6.45) is 0. The van der Waals surface area contributed by atoms with E-state index < -0.39 is 16.8 Å². The minimum absolute atomic E-state index is 0.110. The molecule has 0 aliphatic rings. The fraction of sp³-hybridized carbons (Fsp3) is 0.143. The molecule has 0 unspecified atom stereocenters. The summed E-state index contributed by atoms with van der Waals surface area (Å²) in [7, 11) is 0. The Morgan fingerprint density at radius 2 is 1.95 bits per heavy atom. The molecular formula is C14H13FN2O3. The lowest BCUT2D eigenvalue weighted by Gasteiger charge is -2.18. The van der Waals surface area contributed by atoms with E-state index in [1.54, 1.807) is 12.1 Å². The van der Waals surface area contributed by atoms with Gasteiger partial charge in [-0.1, -0.05) is 30.3 Å². The highest BCUT2D eigenvalue weighted by atomic mass is 19.1. The summed E-state index contributed by atoms with van der Waals surface area (Å²) in [6.45, 7) is -0.222. The molecule has 0 spiro atoms. The van der Waals surface area contributed by atoms with Gasteiger partial charge in [0.05, 0.1) is 29.3 Å². The van der Waals surface area contributed by atoms with E-state index in [9.17, 15) is 19.6 Å². The van der Waals surface area contributed by atoms with Crippen molar-refractivity contribution in [1.82, 2.24) is 0 Å². The Balaban J connectivity index is 2.22. The van der Waals surface area contributed by atoms with Gasteiger partial charge in [0.15, 0.2) is 5.82 Å². The minimum Gasteiger partial charge on any atom is -0.394 e. The molecule has 5 nitrogen and oxygen atoms in total. The van der Waals surface area contributed by atoms with Gasteiger partial charge in [-0.2, -0.15) is 0 Å². The van der Waals surface area contributed by atoms with Crippen LogP contribution in [0, 0.1) is 15.9 Å². The maximum Gasteiger partial charge on any atom is 0.272 e. The van der Waals surface area contributed by atoms with E-state index in [1.807, 2.05) is 18.2 Å². The van der Waals surface area contributed by atoms with Gasteiger partial charge < -0.3 is 10.4 Å². The second kappa shape index (κ2) is 6.12. The molecule has 0 radical (unpaired) electrons. The predicted molar refractivity (Wildman–Crippen MR) is 72.9 cm³/mol. The Morgan fingerprint density at radius 1 is 1.25 bits per heavy atom. The normalized spacial score (nSPS) is 11.9. The van der Waals surface area contributed by atoms with Crippen LogP contribution in [0.3, 0.4) is 0 Å². The van der Waals surface area contributed by atoms with Crippen molar-refractivity contribution in [1.29, 1.82) is 0 Å². The summed E-state index contributed by atoms with van der Waals surface area (Å²) in [5.74, 6) is -0.728. The maximum absolute atomic E-state index is 13.8. The Labute approximate surface area is 114 Å². The second-order valence-electron chi connectivity index (χ2n) is 4.21. The lowest BCUT2D eigenvalue weighted by atomic mass is 10.1. The molecule has 1 atom stereocenters. The van der Waals surface area contributed by atoms with E-state index in [2.05, 4.69) is 5.32 Å². The van der Waals surface area contributed by atoms with E-state index in [0.29, 0.717) is 0 Å². The quantitative estimate of drug-likeness (QED) is 0.650. The van der Waals surface area contributed by atoms with Crippen molar-refractivity contribution in [3.05, 3.63) is 70.0 Å². The number of hydrogen-bond acceptors (Lipinski definition) is 4. The van der Waals surface area contributed by atoms with Gasteiger partial charge in [0.25, 0.3) is 5.69 Å². The monoisotopic (exact) mass is 276 g/mol. The molecular weight excluding hydrogens is 263 g/mol. The smallest absolute Gasteiger partial charge is 0.272 e. The summed E-state index contributed by atoms with van der Waals surface area (Å²) in [4.78, 5) is 9.88. The van der Waals surface area contributed by atoms with Crippen LogP contribution < -0.4 is 5.32 Å². The Morgan fingerprint density at radius 3 is 2.50 bits per heavy atom. The van der Waals surface area contributed by atoms with Crippen molar-refractivity contribution in [2.45, 2.75) is 6.04 Å². The van der Waals surface area contributed by atoms with Gasteiger partial charge in [0, 0.05) is 6.07 Å². The third-order valence-electron chi connectivity index (χ3n) is 2.88. The molecule has 0 heterocycles. The average molecular weight is 276 g/mol. The van der Waals surface area contributed by atoms with Crippen molar-refractivity contribution < 1.29 is 14.4 Å². The van der Waals surface area contributed by atoms with E-state index in [1.165, 1.54) is 12.1 Å². The zero-order valence-electron chi connectivity index (χ0n) is 10.5. The first-order valence-corrected chi connectivity index (χ1v) is 5.98. The number of nitrogens with one attached hydrogen (secondary N) is 1. The topological polar surface area (TPSA) is 75.4 Å². The number of non-ortho nitro benzene ring substituents is 1. The molecule has 0 amide bonds. The number of anilines is 1. The van der Waals surface area contributed by atoms with Crippen LogP contribution in [0.1, 0.15) is 11.6 Å². The second-order valence-corrected chi connectivity index (χ2v) is 4.21. The van der Waals surface area contributed by atoms with Crippen LogP contribution in [0.15, 0.2) is 48.5 Å². The van der Waals surface area contributed by atoms with Gasteiger partial charge in [-0.15, -0.1) is 0 Å². The van der Waals surface area contributed by atoms with Crippen molar-refractivity contribution in [3.8, 4) is 0 Å². The molecule has 0 fully saturated rings. The Kier molecular flexibility index (Phi) is 4.27. The molecule has 2 N–H and O–H groups in total. The number of nitro groups is 1. The van der Waals surface area contributed by atoms with Crippen LogP contribution in [0.25, 0.3) is 0 Å². The van der Waals surface area contributed by atoms with E-state index in [0.717, 1.165) is 11.6 Å². The number of nitrogens with zero attached hydrogens (tertiary/aromatic N) is 1. The zero-order chi connectivity index (χ0) is 14.5. The molecule has 2 aromatic carbocycles. The molecule has 2 aromatic rings. The summed E-state index contributed by atoms with van der Waals surface area (Å²) >= 11 is 0. The molecule has 104 valence electrons. The van der Waals surface area contributed by atoms with E-state index >= 15 is 0 Å². The first-order chi connectivity index (χ1) is 9.61. The summed E-state index contributed by atoms with van der Waals surface area (Å²) in [6, 6.07) is 11.9. The van der Waals surface area contributed by atoms with Gasteiger partial charge in [-0.05, 0) is 11.6 Å². The van der Waals surface area contributed by atoms with Crippen molar-refractivity contribution in [3.63, 3.8) is 0 Å². The molecule has 0 saturated heterocycles. The summed E-state index contributed by atoms with van der Waals surface area (Å²) in [5.41, 5.74) is 0.597.